The maximum Gasteiger partial charge on any atom is 0.317 e. The van der Waals surface area contributed by atoms with Gasteiger partial charge in [-0.15, -0.1) is 0 Å². The number of benzene rings is 1. The Morgan fingerprint density at radius 2 is 1.60 bits per heavy atom. The van der Waals surface area contributed by atoms with Crippen molar-refractivity contribution in [2.24, 2.45) is 11.8 Å². The van der Waals surface area contributed by atoms with Crippen LogP contribution in [0.3, 0.4) is 0 Å². The van der Waals surface area contributed by atoms with Gasteiger partial charge in [0.15, 0.2) is 5.78 Å². The van der Waals surface area contributed by atoms with Crippen LogP contribution in [0, 0.1) is 11.8 Å². The lowest BCUT2D eigenvalue weighted by atomic mass is 9.61. The van der Waals surface area contributed by atoms with E-state index >= 15 is 0 Å². The maximum atomic E-state index is 13.0. The molecule has 0 radical (unpaired) electrons. The summed E-state index contributed by atoms with van der Waals surface area (Å²) in [5.74, 6) is -4.43. The average Bonchev–Trinajstić information content (AvgIpc) is 2.59. The van der Waals surface area contributed by atoms with Crippen molar-refractivity contribution < 1.29 is 33.7 Å². The second-order valence-corrected chi connectivity index (χ2v) is 8.45. The number of hydrogen-bond acceptors (Lipinski definition) is 7. The summed E-state index contributed by atoms with van der Waals surface area (Å²) >= 11 is 0. The first-order valence-corrected chi connectivity index (χ1v) is 10.4. The predicted molar refractivity (Wildman–Crippen MR) is 110 cm³/mol. The van der Waals surface area contributed by atoms with Gasteiger partial charge in [0.2, 0.25) is 0 Å². The number of ketones is 1. The number of esters is 2. The van der Waals surface area contributed by atoms with Crippen LogP contribution >= 0.6 is 0 Å². The summed E-state index contributed by atoms with van der Waals surface area (Å²) in [5.41, 5.74) is -1.11. The Hall–Kier alpha value is -2.41. The van der Waals surface area contributed by atoms with Crippen LogP contribution in [0.5, 0.6) is 5.75 Å². The van der Waals surface area contributed by atoms with Crippen molar-refractivity contribution in [2.75, 3.05) is 6.61 Å². The Bertz CT molecular complexity index is 756. The van der Waals surface area contributed by atoms with Gasteiger partial charge in [-0.05, 0) is 59.2 Å². The molecule has 1 aliphatic carbocycles. The van der Waals surface area contributed by atoms with E-state index in [2.05, 4.69) is 0 Å². The second kappa shape index (κ2) is 9.60. The van der Waals surface area contributed by atoms with Crippen LogP contribution in [0.15, 0.2) is 24.3 Å². The molecule has 1 N–H and O–H groups in total. The number of hydrogen-bond donors (Lipinski definition) is 1. The van der Waals surface area contributed by atoms with Crippen molar-refractivity contribution in [1.82, 2.24) is 0 Å². The molecule has 4 atom stereocenters. The summed E-state index contributed by atoms with van der Waals surface area (Å²) in [5, 5.41) is 11.0. The van der Waals surface area contributed by atoms with Gasteiger partial charge < -0.3 is 19.3 Å². The zero-order valence-electron chi connectivity index (χ0n) is 18.5. The largest absolute Gasteiger partial charge is 0.494 e. The lowest BCUT2D eigenvalue weighted by Crippen LogP contribution is -2.55. The minimum atomic E-state index is -1.67. The smallest absolute Gasteiger partial charge is 0.317 e. The first-order valence-electron chi connectivity index (χ1n) is 10.4. The van der Waals surface area contributed by atoms with Crippen molar-refractivity contribution in [3.05, 3.63) is 29.8 Å². The van der Waals surface area contributed by atoms with Crippen LogP contribution in [0.4, 0.5) is 0 Å². The standard InChI is InChI=1S/C23H32O7/c1-7-28-16-10-8-15(9-11-16)18-19(21(25)29-13(2)3)17(24)12-23(6,27)20(18)22(26)30-14(4)5/h8-11,13-14,18-20,27H,7,12H2,1-6H3/t18-,19+,20+,23-/m0/s1. The van der Waals surface area contributed by atoms with Crippen LogP contribution in [0.2, 0.25) is 0 Å². The van der Waals surface area contributed by atoms with Gasteiger partial charge in [0.25, 0.3) is 0 Å². The van der Waals surface area contributed by atoms with Crippen LogP contribution in [0.25, 0.3) is 0 Å². The highest BCUT2D eigenvalue weighted by molar-refractivity contribution is 6.02. The lowest BCUT2D eigenvalue weighted by Gasteiger charge is -2.44. The van der Waals surface area contributed by atoms with Gasteiger partial charge in [0.1, 0.15) is 11.7 Å². The van der Waals surface area contributed by atoms with E-state index in [4.69, 9.17) is 14.2 Å². The summed E-state index contributed by atoms with van der Waals surface area (Å²) in [7, 11) is 0. The third-order valence-corrected chi connectivity index (χ3v) is 5.05. The average molecular weight is 421 g/mol. The molecule has 0 aromatic heterocycles. The number of carbonyl (C=O) groups is 3. The summed E-state index contributed by atoms with van der Waals surface area (Å²) in [6.45, 7) is 10.6. The summed E-state index contributed by atoms with van der Waals surface area (Å²) in [6, 6.07) is 6.83. The quantitative estimate of drug-likeness (QED) is 0.535. The Kier molecular flexibility index (Phi) is 7.64. The van der Waals surface area contributed by atoms with Crippen molar-refractivity contribution in [3.8, 4) is 5.75 Å². The molecule has 1 aliphatic rings. The Morgan fingerprint density at radius 3 is 2.10 bits per heavy atom. The summed E-state index contributed by atoms with van der Waals surface area (Å²) in [4.78, 5) is 38.8. The van der Waals surface area contributed by atoms with E-state index in [9.17, 15) is 19.5 Å². The molecule has 1 aromatic carbocycles. The van der Waals surface area contributed by atoms with Crippen LogP contribution in [-0.2, 0) is 23.9 Å². The molecule has 2 rings (SSSR count). The first kappa shape index (κ1) is 23.9. The fourth-order valence-electron chi connectivity index (χ4n) is 3.98. The van der Waals surface area contributed by atoms with Gasteiger partial charge in [0.05, 0.1) is 30.3 Å². The zero-order valence-corrected chi connectivity index (χ0v) is 18.5. The van der Waals surface area contributed by atoms with E-state index in [1.165, 1.54) is 6.92 Å². The van der Waals surface area contributed by atoms with Gasteiger partial charge in [0, 0.05) is 12.3 Å². The number of ether oxygens (including phenoxy) is 3. The fourth-order valence-corrected chi connectivity index (χ4v) is 3.98. The summed E-state index contributed by atoms with van der Waals surface area (Å²) < 4.78 is 16.2. The molecular formula is C23H32O7. The topological polar surface area (TPSA) is 99.1 Å². The van der Waals surface area contributed by atoms with E-state index in [0.717, 1.165) is 0 Å². The summed E-state index contributed by atoms with van der Waals surface area (Å²) in [6.07, 6.45) is -1.17. The van der Waals surface area contributed by atoms with E-state index in [1.807, 2.05) is 6.92 Å². The van der Waals surface area contributed by atoms with Crippen molar-refractivity contribution in [3.63, 3.8) is 0 Å². The fraction of sp³-hybridized carbons (Fsp3) is 0.609. The minimum Gasteiger partial charge on any atom is -0.494 e. The van der Waals surface area contributed by atoms with Crippen LogP contribution in [0.1, 0.15) is 59.4 Å². The number of Topliss-reactive ketones (excluding diaryl/α,β-unsaturated/α-hetero) is 1. The van der Waals surface area contributed by atoms with E-state index < -0.39 is 53.3 Å². The highest BCUT2D eigenvalue weighted by Gasteiger charge is 2.57. The molecule has 0 unspecified atom stereocenters. The van der Waals surface area contributed by atoms with Crippen molar-refractivity contribution in [1.29, 1.82) is 0 Å². The van der Waals surface area contributed by atoms with Crippen molar-refractivity contribution >= 4 is 17.7 Å². The van der Waals surface area contributed by atoms with Gasteiger partial charge in [-0.2, -0.15) is 0 Å². The SMILES string of the molecule is CCOc1ccc([C@H]2[C@H](C(=O)OC(C)C)C(=O)C[C@](C)(O)[C@H]2C(=O)OC(C)C)cc1. The Labute approximate surface area is 177 Å². The molecule has 0 aliphatic heterocycles. The third-order valence-electron chi connectivity index (χ3n) is 5.05. The minimum absolute atomic E-state index is 0.337. The normalized spacial score (nSPS) is 26.6. The highest BCUT2D eigenvalue weighted by atomic mass is 16.5. The molecular weight excluding hydrogens is 388 g/mol. The monoisotopic (exact) mass is 420 g/mol. The van der Waals surface area contributed by atoms with E-state index in [-0.39, 0.29) is 6.42 Å². The van der Waals surface area contributed by atoms with Crippen molar-refractivity contribution in [2.45, 2.75) is 71.7 Å². The molecule has 0 bridgehead atoms. The van der Waals surface area contributed by atoms with E-state index in [0.29, 0.717) is 17.9 Å². The number of aliphatic hydroxyl groups is 1. The molecule has 0 saturated heterocycles. The van der Waals surface area contributed by atoms with Crippen LogP contribution < -0.4 is 4.74 Å². The Morgan fingerprint density at radius 1 is 1.07 bits per heavy atom. The van der Waals surface area contributed by atoms with Crippen LogP contribution in [-0.4, -0.2) is 47.2 Å². The van der Waals surface area contributed by atoms with Gasteiger partial charge in [-0.1, -0.05) is 12.1 Å². The number of rotatable bonds is 7. The highest BCUT2D eigenvalue weighted by Crippen LogP contribution is 2.47. The third kappa shape index (κ3) is 5.39. The second-order valence-electron chi connectivity index (χ2n) is 8.45. The molecule has 30 heavy (non-hydrogen) atoms. The van der Waals surface area contributed by atoms with Gasteiger partial charge >= 0.3 is 11.9 Å². The Balaban J connectivity index is 2.58. The number of carbonyl (C=O) groups excluding carboxylic acids is 3. The lowest BCUT2D eigenvalue weighted by molar-refractivity contribution is -0.176. The molecule has 1 fully saturated rings. The molecule has 1 saturated carbocycles. The van der Waals surface area contributed by atoms with E-state index in [1.54, 1.807) is 52.0 Å². The predicted octanol–water partition coefficient (Wildman–Crippen LogP) is 3.03. The maximum absolute atomic E-state index is 13.0. The molecule has 1 aromatic rings. The zero-order chi connectivity index (χ0) is 22.6. The van der Waals surface area contributed by atoms with Gasteiger partial charge in [-0.3, -0.25) is 14.4 Å². The molecule has 0 spiro atoms. The van der Waals surface area contributed by atoms with Gasteiger partial charge in [-0.25, -0.2) is 0 Å². The molecule has 0 heterocycles. The molecule has 7 nitrogen and oxygen atoms in total. The molecule has 0 amide bonds. The molecule has 7 heteroatoms. The molecule has 166 valence electrons. The first-order chi connectivity index (χ1) is 14.0.